The minimum atomic E-state index is -1.23. The zero-order valence-corrected chi connectivity index (χ0v) is 6.76. The number of pyridine rings is 1. The summed E-state index contributed by atoms with van der Waals surface area (Å²) in [7, 11) is 0. The standard InChI is InChI=1S/C9H11FN2/c10-9(4-6-11-7-9)8-3-1-2-5-12-8/h1-3,5,11H,4,6-7H2. The fourth-order valence-corrected chi connectivity index (χ4v) is 1.51. The van der Waals surface area contributed by atoms with Gasteiger partial charge in [0.05, 0.1) is 5.69 Å². The molecule has 2 heterocycles. The topological polar surface area (TPSA) is 24.9 Å². The maximum Gasteiger partial charge on any atom is 0.166 e. The summed E-state index contributed by atoms with van der Waals surface area (Å²) in [4.78, 5) is 4.02. The zero-order valence-electron chi connectivity index (χ0n) is 6.76. The lowest BCUT2D eigenvalue weighted by Crippen LogP contribution is -2.24. The Morgan fingerprint density at radius 1 is 1.50 bits per heavy atom. The predicted molar refractivity (Wildman–Crippen MR) is 44.5 cm³/mol. The molecular weight excluding hydrogens is 155 g/mol. The van der Waals surface area contributed by atoms with Gasteiger partial charge in [-0.1, -0.05) is 6.07 Å². The molecule has 0 amide bonds. The van der Waals surface area contributed by atoms with Crippen molar-refractivity contribution in [2.75, 3.05) is 13.1 Å². The van der Waals surface area contributed by atoms with Crippen LogP contribution in [-0.4, -0.2) is 18.1 Å². The SMILES string of the molecule is FC1(c2ccccn2)CCNC1. The first kappa shape index (κ1) is 7.68. The Hall–Kier alpha value is -0.960. The Kier molecular flexibility index (Phi) is 1.81. The van der Waals surface area contributed by atoms with E-state index in [0.717, 1.165) is 6.54 Å². The second kappa shape index (κ2) is 2.83. The molecule has 0 aliphatic carbocycles. The Labute approximate surface area is 70.8 Å². The number of hydrogen-bond acceptors (Lipinski definition) is 2. The summed E-state index contributed by atoms with van der Waals surface area (Å²) >= 11 is 0. The van der Waals surface area contributed by atoms with E-state index in [4.69, 9.17) is 0 Å². The molecule has 0 saturated carbocycles. The summed E-state index contributed by atoms with van der Waals surface area (Å²) in [5.74, 6) is 0. The summed E-state index contributed by atoms with van der Waals surface area (Å²) in [6.45, 7) is 1.14. The van der Waals surface area contributed by atoms with Crippen molar-refractivity contribution in [1.29, 1.82) is 0 Å². The number of hydrogen-bond donors (Lipinski definition) is 1. The van der Waals surface area contributed by atoms with Crippen LogP contribution in [0.3, 0.4) is 0 Å². The van der Waals surface area contributed by atoms with E-state index in [0.29, 0.717) is 18.7 Å². The molecule has 0 bridgehead atoms. The lowest BCUT2D eigenvalue weighted by atomic mass is 10.0. The summed E-state index contributed by atoms with van der Waals surface area (Å²) in [6, 6.07) is 5.37. The van der Waals surface area contributed by atoms with Crippen LogP contribution in [0, 0.1) is 0 Å². The number of aromatic nitrogens is 1. The molecule has 0 spiro atoms. The van der Waals surface area contributed by atoms with E-state index in [1.165, 1.54) is 0 Å². The molecule has 1 N–H and O–H groups in total. The van der Waals surface area contributed by atoms with Crippen molar-refractivity contribution in [2.45, 2.75) is 12.1 Å². The van der Waals surface area contributed by atoms with Crippen molar-refractivity contribution < 1.29 is 4.39 Å². The van der Waals surface area contributed by atoms with E-state index in [1.54, 1.807) is 18.3 Å². The molecule has 2 rings (SSSR count). The summed E-state index contributed by atoms with van der Waals surface area (Å²) in [5, 5.41) is 3.00. The minimum Gasteiger partial charge on any atom is -0.313 e. The van der Waals surface area contributed by atoms with Crippen LogP contribution in [-0.2, 0) is 5.67 Å². The van der Waals surface area contributed by atoms with Crippen LogP contribution >= 0.6 is 0 Å². The van der Waals surface area contributed by atoms with Gasteiger partial charge in [-0.15, -0.1) is 0 Å². The second-order valence-electron chi connectivity index (χ2n) is 3.11. The van der Waals surface area contributed by atoms with Crippen LogP contribution in [0.15, 0.2) is 24.4 Å². The van der Waals surface area contributed by atoms with E-state index in [9.17, 15) is 4.39 Å². The molecular formula is C9H11FN2. The van der Waals surface area contributed by atoms with Gasteiger partial charge in [-0.05, 0) is 18.7 Å². The van der Waals surface area contributed by atoms with Gasteiger partial charge < -0.3 is 5.32 Å². The summed E-state index contributed by atoms with van der Waals surface area (Å²) < 4.78 is 13.9. The van der Waals surface area contributed by atoms with Gasteiger partial charge >= 0.3 is 0 Å². The van der Waals surface area contributed by atoms with Crippen molar-refractivity contribution in [2.24, 2.45) is 0 Å². The second-order valence-corrected chi connectivity index (χ2v) is 3.11. The summed E-state index contributed by atoms with van der Waals surface area (Å²) in [6.07, 6.45) is 2.17. The van der Waals surface area contributed by atoms with Crippen LogP contribution in [0.4, 0.5) is 4.39 Å². The van der Waals surface area contributed by atoms with Gasteiger partial charge in [0.1, 0.15) is 0 Å². The fourth-order valence-electron chi connectivity index (χ4n) is 1.51. The van der Waals surface area contributed by atoms with Gasteiger partial charge in [-0.25, -0.2) is 4.39 Å². The maximum absolute atomic E-state index is 13.9. The van der Waals surface area contributed by atoms with Crippen molar-refractivity contribution in [3.05, 3.63) is 30.1 Å². The first-order valence-corrected chi connectivity index (χ1v) is 4.12. The van der Waals surface area contributed by atoms with Crippen molar-refractivity contribution in [1.82, 2.24) is 10.3 Å². The van der Waals surface area contributed by atoms with E-state index in [1.807, 2.05) is 6.07 Å². The van der Waals surface area contributed by atoms with Gasteiger partial charge in [0, 0.05) is 19.2 Å². The highest BCUT2D eigenvalue weighted by molar-refractivity contribution is 5.15. The maximum atomic E-state index is 13.9. The van der Waals surface area contributed by atoms with Crippen molar-refractivity contribution in [3.63, 3.8) is 0 Å². The molecule has 1 aromatic heterocycles. The lowest BCUT2D eigenvalue weighted by molar-refractivity contribution is 0.186. The third-order valence-electron chi connectivity index (χ3n) is 2.23. The molecule has 1 aliphatic rings. The smallest absolute Gasteiger partial charge is 0.166 e. The Bertz CT molecular complexity index is 254. The Morgan fingerprint density at radius 2 is 2.42 bits per heavy atom. The molecule has 1 fully saturated rings. The van der Waals surface area contributed by atoms with Gasteiger partial charge in [0.25, 0.3) is 0 Å². The zero-order chi connectivity index (χ0) is 8.44. The average Bonchev–Trinajstić information content (AvgIpc) is 2.55. The molecule has 64 valence electrons. The highest BCUT2D eigenvalue weighted by Crippen LogP contribution is 2.30. The van der Waals surface area contributed by atoms with E-state index in [2.05, 4.69) is 10.3 Å². The molecule has 12 heavy (non-hydrogen) atoms. The monoisotopic (exact) mass is 166 g/mol. The van der Waals surface area contributed by atoms with Crippen molar-refractivity contribution in [3.8, 4) is 0 Å². The third-order valence-corrected chi connectivity index (χ3v) is 2.23. The number of rotatable bonds is 1. The molecule has 0 radical (unpaired) electrons. The molecule has 3 heteroatoms. The minimum absolute atomic E-state index is 0.393. The van der Waals surface area contributed by atoms with Gasteiger partial charge in [0.2, 0.25) is 0 Å². The first-order chi connectivity index (χ1) is 5.81. The molecule has 1 aliphatic heterocycles. The Balaban J connectivity index is 2.29. The van der Waals surface area contributed by atoms with E-state index >= 15 is 0 Å². The van der Waals surface area contributed by atoms with Crippen LogP contribution in [0.5, 0.6) is 0 Å². The third kappa shape index (κ3) is 1.20. The molecule has 1 atom stereocenters. The molecule has 1 unspecified atom stereocenters. The molecule has 1 saturated heterocycles. The number of nitrogens with one attached hydrogen (secondary N) is 1. The highest BCUT2D eigenvalue weighted by atomic mass is 19.1. The largest absolute Gasteiger partial charge is 0.313 e. The normalized spacial score (nSPS) is 29.1. The number of nitrogens with zero attached hydrogens (tertiary/aromatic N) is 1. The predicted octanol–water partition coefficient (Wildman–Crippen LogP) is 1.24. The summed E-state index contributed by atoms with van der Waals surface area (Å²) in [5.41, 5.74) is -0.684. The number of alkyl halides is 1. The van der Waals surface area contributed by atoms with Gasteiger partial charge in [-0.3, -0.25) is 4.98 Å². The quantitative estimate of drug-likeness (QED) is 0.679. The first-order valence-electron chi connectivity index (χ1n) is 4.12. The van der Waals surface area contributed by atoms with Crippen LogP contribution in [0.2, 0.25) is 0 Å². The van der Waals surface area contributed by atoms with Crippen LogP contribution in [0.25, 0.3) is 0 Å². The fraction of sp³-hybridized carbons (Fsp3) is 0.444. The van der Waals surface area contributed by atoms with Gasteiger partial charge in [0.15, 0.2) is 5.67 Å². The van der Waals surface area contributed by atoms with Crippen LogP contribution < -0.4 is 5.32 Å². The highest BCUT2D eigenvalue weighted by Gasteiger charge is 2.36. The molecule has 1 aromatic rings. The van der Waals surface area contributed by atoms with Gasteiger partial charge in [-0.2, -0.15) is 0 Å². The molecule has 0 aromatic carbocycles. The van der Waals surface area contributed by atoms with E-state index < -0.39 is 5.67 Å². The van der Waals surface area contributed by atoms with Crippen LogP contribution in [0.1, 0.15) is 12.1 Å². The Morgan fingerprint density at radius 3 is 3.00 bits per heavy atom. The average molecular weight is 166 g/mol. The van der Waals surface area contributed by atoms with Crippen molar-refractivity contribution >= 4 is 0 Å². The van der Waals surface area contributed by atoms with E-state index in [-0.39, 0.29) is 0 Å². The lowest BCUT2D eigenvalue weighted by Gasteiger charge is -2.16. The number of halogens is 1. The molecule has 2 nitrogen and oxygen atoms in total.